The van der Waals surface area contributed by atoms with Gasteiger partial charge in [-0.3, -0.25) is 4.79 Å². The molecule has 23 heavy (non-hydrogen) atoms. The highest BCUT2D eigenvalue weighted by molar-refractivity contribution is 5.90. The number of anilines is 1. The summed E-state index contributed by atoms with van der Waals surface area (Å²) in [7, 11) is 0. The fraction of sp³-hybridized carbons (Fsp3) is 0.333. The zero-order valence-electron chi connectivity index (χ0n) is 12.6. The molecule has 3 N–H and O–H groups in total. The Labute approximate surface area is 133 Å². The van der Waals surface area contributed by atoms with E-state index in [1.165, 1.54) is 6.33 Å². The van der Waals surface area contributed by atoms with Gasteiger partial charge in [-0.1, -0.05) is 0 Å². The molecular formula is C15H18N6O2. The van der Waals surface area contributed by atoms with Crippen LogP contribution in [0.1, 0.15) is 12.8 Å². The van der Waals surface area contributed by atoms with Gasteiger partial charge < -0.3 is 16.0 Å². The molecule has 0 saturated carbocycles. The van der Waals surface area contributed by atoms with Gasteiger partial charge in [0.15, 0.2) is 0 Å². The number of hydrogen-bond acceptors (Lipinski definition) is 4. The molecule has 0 aliphatic carbocycles. The predicted molar refractivity (Wildman–Crippen MR) is 83.9 cm³/mol. The van der Waals surface area contributed by atoms with E-state index in [0.717, 1.165) is 18.5 Å². The molecule has 1 saturated heterocycles. The minimum Gasteiger partial charge on any atom is -0.369 e. The van der Waals surface area contributed by atoms with Crippen LogP contribution in [0, 0.1) is 5.92 Å². The molecule has 8 nitrogen and oxygen atoms in total. The molecular weight excluding hydrogens is 296 g/mol. The quantitative estimate of drug-likeness (QED) is 0.881. The zero-order chi connectivity index (χ0) is 16.2. The van der Waals surface area contributed by atoms with Crippen LogP contribution in [0.2, 0.25) is 0 Å². The largest absolute Gasteiger partial charge is 0.369 e. The molecule has 1 aromatic heterocycles. The molecule has 0 spiro atoms. The molecule has 1 fully saturated rings. The predicted octanol–water partition coefficient (Wildman–Crippen LogP) is 0.996. The van der Waals surface area contributed by atoms with Crippen LogP contribution in [-0.2, 0) is 4.79 Å². The number of nitrogens with two attached hydrogens (primary N) is 1. The number of benzene rings is 1. The van der Waals surface area contributed by atoms with Gasteiger partial charge in [0.25, 0.3) is 0 Å². The van der Waals surface area contributed by atoms with Crippen LogP contribution in [0.15, 0.2) is 36.9 Å². The normalized spacial score (nSPS) is 17.7. The summed E-state index contributed by atoms with van der Waals surface area (Å²) in [5, 5.41) is 6.87. The lowest BCUT2D eigenvalue weighted by Crippen LogP contribution is -2.45. The Bertz CT molecular complexity index is 683. The number of carbonyl (C=O) groups is 2. The van der Waals surface area contributed by atoms with Crippen molar-refractivity contribution in [3.63, 3.8) is 0 Å². The highest BCUT2D eigenvalue weighted by Crippen LogP contribution is 2.18. The van der Waals surface area contributed by atoms with Crippen LogP contribution < -0.4 is 11.1 Å². The van der Waals surface area contributed by atoms with Crippen molar-refractivity contribution in [2.24, 2.45) is 11.7 Å². The number of nitrogens with one attached hydrogen (secondary N) is 1. The molecule has 120 valence electrons. The van der Waals surface area contributed by atoms with Crippen LogP contribution >= 0.6 is 0 Å². The van der Waals surface area contributed by atoms with Gasteiger partial charge in [-0.15, -0.1) is 0 Å². The van der Waals surface area contributed by atoms with E-state index in [2.05, 4.69) is 15.4 Å². The van der Waals surface area contributed by atoms with Crippen LogP contribution in [0.25, 0.3) is 5.69 Å². The lowest BCUT2D eigenvalue weighted by Gasteiger charge is -2.31. The van der Waals surface area contributed by atoms with E-state index in [1.54, 1.807) is 28.0 Å². The third kappa shape index (κ3) is 3.47. The van der Waals surface area contributed by atoms with Gasteiger partial charge in [-0.05, 0) is 37.1 Å². The van der Waals surface area contributed by atoms with Crippen molar-refractivity contribution in [2.45, 2.75) is 12.8 Å². The second-order valence-electron chi connectivity index (χ2n) is 5.50. The first kappa shape index (κ1) is 15.0. The number of aromatic nitrogens is 3. The number of hydrogen-bond donors (Lipinski definition) is 2. The average molecular weight is 314 g/mol. The van der Waals surface area contributed by atoms with Crippen molar-refractivity contribution in [1.29, 1.82) is 0 Å². The maximum Gasteiger partial charge on any atom is 0.321 e. The summed E-state index contributed by atoms with van der Waals surface area (Å²) in [5.41, 5.74) is 6.87. The Kier molecular flexibility index (Phi) is 4.22. The van der Waals surface area contributed by atoms with Crippen molar-refractivity contribution in [1.82, 2.24) is 19.7 Å². The number of piperidine rings is 1. The summed E-state index contributed by atoms with van der Waals surface area (Å²) in [5.74, 6) is -0.608. The van der Waals surface area contributed by atoms with Gasteiger partial charge >= 0.3 is 6.03 Å². The topological polar surface area (TPSA) is 106 Å². The van der Waals surface area contributed by atoms with E-state index in [0.29, 0.717) is 18.8 Å². The summed E-state index contributed by atoms with van der Waals surface area (Å²) >= 11 is 0. The fourth-order valence-corrected chi connectivity index (χ4v) is 2.64. The van der Waals surface area contributed by atoms with E-state index in [-0.39, 0.29) is 17.9 Å². The van der Waals surface area contributed by atoms with Gasteiger partial charge in [0.2, 0.25) is 5.91 Å². The Hall–Kier alpha value is -2.90. The highest BCUT2D eigenvalue weighted by atomic mass is 16.2. The summed E-state index contributed by atoms with van der Waals surface area (Å²) in [6.45, 7) is 1.00. The number of urea groups is 1. The molecule has 1 aliphatic heterocycles. The zero-order valence-corrected chi connectivity index (χ0v) is 12.6. The minimum atomic E-state index is -0.348. The Morgan fingerprint density at radius 3 is 2.70 bits per heavy atom. The van der Waals surface area contributed by atoms with E-state index in [1.807, 2.05) is 12.1 Å². The summed E-state index contributed by atoms with van der Waals surface area (Å²) < 4.78 is 1.63. The molecule has 0 bridgehead atoms. The third-order valence-corrected chi connectivity index (χ3v) is 3.91. The monoisotopic (exact) mass is 314 g/mol. The number of nitrogens with zero attached hydrogens (tertiary/aromatic N) is 4. The molecule has 1 atom stereocenters. The standard InChI is InChI=1S/C15H18N6O2/c16-14(22)11-2-1-7-20(8-11)15(23)19-12-3-5-13(6-4-12)21-10-17-9-18-21/h3-6,9-11H,1-2,7-8H2,(H2,16,22)(H,19,23)/t11-/m1/s1. The number of rotatable bonds is 3. The van der Waals surface area contributed by atoms with E-state index >= 15 is 0 Å². The molecule has 3 rings (SSSR count). The number of primary amides is 1. The maximum atomic E-state index is 12.3. The molecule has 0 radical (unpaired) electrons. The van der Waals surface area contributed by atoms with Gasteiger partial charge in [0, 0.05) is 18.8 Å². The van der Waals surface area contributed by atoms with Crippen LogP contribution in [-0.4, -0.2) is 44.7 Å². The van der Waals surface area contributed by atoms with Crippen LogP contribution in [0.4, 0.5) is 10.5 Å². The summed E-state index contributed by atoms with van der Waals surface area (Å²) in [4.78, 5) is 29.1. The van der Waals surface area contributed by atoms with Crippen molar-refractivity contribution >= 4 is 17.6 Å². The van der Waals surface area contributed by atoms with Crippen LogP contribution in [0.5, 0.6) is 0 Å². The van der Waals surface area contributed by atoms with Crippen molar-refractivity contribution in [2.75, 3.05) is 18.4 Å². The fourth-order valence-electron chi connectivity index (χ4n) is 2.64. The van der Waals surface area contributed by atoms with Crippen molar-refractivity contribution in [3.8, 4) is 5.69 Å². The van der Waals surface area contributed by atoms with Crippen molar-refractivity contribution in [3.05, 3.63) is 36.9 Å². The molecule has 0 unspecified atom stereocenters. The van der Waals surface area contributed by atoms with E-state index in [4.69, 9.17) is 5.73 Å². The first-order valence-corrected chi connectivity index (χ1v) is 7.44. The first-order valence-electron chi connectivity index (χ1n) is 7.44. The maximum absolute atomic E-state index is 12.3. The van der Waals surface area contributed by atoms with Crippen molar-refractivity contribution < 1.29 is 9.59 Å². The summed E-state index contributed by atoms with van der Waals surface area (Å²) in [6.07, 6.45) is 4.59. The van der Waals surface area contributed by atoms with Gasteiger partial charge in [0.05, 0.1) is 11.6 Å². The second kappa shape index (κ2) is 6.47. The SMILES string of the molecule is NC(=O)[C@@H]1CCCN(C(=O)Nc2ccc(-n3cncn3)cc2)C1. The lowest BCUT2D eigenvalue weighted by molar-refractivity contribution is -0.123. The Morgan fingerprint density at radius 2 is 2.04 bits per heavy atom. The second-order valence-corrected chi connectivity index (χ2v) is 5.50. The molecule has 3 amide bonds. The highest BCUT2D eigenvalue weighted by Gasteiger charge is 2.26. The molecule has 8 heteroatoms. The Morgan fingerprint density at radius 1 is 1.26 bits per heavy atom. The molecule has 2 heterocycles. The average Bonchev–Trinajstić information content (AvgIpc) is 3.10. The third-order valence-electron chi connectivity index (χ3n) is 3.91. The molecule has 2 aromatic rings. The smallest absolute Gasteiger partial charge is 0.321 e. The van der Waals surface area contributed by atoms with E-state index in [9.17, 15) is 9.59 Å². The number of carbonyl (C=O) groups excluding carboxylic acids is 2. The number of likely N-dealkylation sites (tertiary alicyclic amines) is 1. The van der Waals surface area contributed by atoms with Gasteiger partial charge in [-0.2, -0.15) is 5.10 Å². The van der Waals surface area contributed by atoms with E-state index < -0.39 is 0 Å². The lowest BCUT2D eigenvalue weighted by atomic mass is 9.98. The minimum absolute atomic E-state index is 0.218. The summed E-state index contributed by atoms with van der Waals surface area (Å²) in [6, 6.07) is 7.05. The number of amides is 3. The molecule has 1 aliphatic rings. The molecule has 1 aromatic carbocycles. The van der Waals surface area contributed by atoms with Gasteiger partial charge in [-0.25, -0.2) is 14.5 Å². The van der Waals surface area contributed by atoms with Crippen LogP contribution in [0.3, 0.4) is 0 Å². The first-order chi connectivity index (χ1) is 11.1. The van der Waals surface area contributed by atoms with Gasteiger partial charge in [0.1, 0.15) is 12.7 Å². The Balaban J connectivity index is 1.62.